The van der Waals surface area contributed by atoms with Crippen LogP contribution in [0.15, 0.2) is 22.8 Å². The van der Waals surface area contributed by atoms with Crippen LogP contribution in [0.5, 0.6) is 0 Å². The largest absolute Gasteiger partial charge is 0.342 e. The topological polar surface area (TPSA) is 42.2 Å². The summed E-state index contributed by atoms with van der Waals surface area (Å²) in [6, 6.07) is 3.78. The number of terminal acetylenes is 1. The molecule has 0 aliphatic carbocycles. The highest BCUT2D eigenvalue weighted by Crippen LogP contribution is 2.11. The Morgan fingerprint density at radius 1 is 1.57 bits per heavy atom. The van der Waals surface area contributed by atoms with Gasteiger partial charge in [0.1, 0.15) is 0 Å². The van der Waals surface area contributed by atoms with Crippen LogP contribution in [-0.4, -0.2) is 21.1 Å². The Kier molecular flexibility index (Phi) is 2.37. The molecule has 0 aliphatic heterocycles. The van der Waals surface area contributed by atoms with Crippen LogP contribution in [0.4, 0.5) is 5.95 Å². The predicted octanol–water partition coefficient (Wildman–Crippen LogP) is 1.54. The van der Waals surface area contributed by atoms with Gasteiger partial charge in [-0.25, -0.2) is 4.52 Å². The summed E-state index contributed by atoms with van der Waals surface area (Å²) in [4.78, 5) is 4.22. The van der Waals surface area contributed by atoms with Gasteiger partial charge in [0.05, 0.1) is 6.54 Å². The fourth-order valence-corrected chi connectivity index (χ4v) is 1.39. The fourth-order valence-electron chi connectivity index (χ4n) is 1.06. The van der Waals surface area contributed by atoms with E-state index < -0.39 is 0 Å². The molecule has 0 saturated heterocycles. The Hall–Kier alpha value is -1.54. The number of nitrogens with one attached hydrogen (secondary N) is 1. The highest BCUT2D eigenvalue weighted by Gasteiger charge is 2.01. The molecule has 2 aromatic heterocycles. The molecule has 1 N–H and O–H groups in total. The average Bonchev–Trinajstić information content (AvgIpc) is 2.56. The lowest BCUT2D eigenvalue weighted by molar-refractivity contribution is 0.955. The lowest BCUT2D eigenvalue weighted by atomic mass is 10.5. The van der Waals surface area contributed by atoms with E-state index in [1.54, 1.807) is 4.52 Å². The van der Waals surface area contributed by atoms with Gasteiger partial charge in [-0.15, -0.1) is 11.5 Å². The first kappa shape index (κ1) is 9.03. The number of pyridine rings is 1. The Labute approximate surface area is 89.5 Å². The summed E-state index contributed by atoms with van der Waals surface area (Å²) >= 11 is 3.35. The van der Waals surface area contributed by atoms with Gasteiger partial charge in [0.15, 0.2) is 5.65 Å². The lowest BCUT2D eigenvalue weighted by Crippen LogP contribution is -2.00. The second-order valence-electron chi connectivity index (χ2n) is 2.64. The molecule has 0 radical (unpaired) electrons. The number of hydrogen-bond donors (Lipinski definition) is 1. The monoisotopic (exact) mass is 250 g/mol. The van der Waals surface area contributed by atoms with Crippen molar-refractivity contribution in [3.05, 3.63) is 22.8 Å². The first-order valence-corrected chi connectivity index (χ1v) is 4.78. The van der Waals surface area contributed by atoms with Crippen molar-refractivity contribution in [3.8, 4) is 12.3 Å². The summed E-state index contributed by atoms with van der Waals surface area (Å²) in [5.74, 6) is 3.00. The van der Waals surface area contributed by atoms with E-state index in [0.717, 1.165) is 10.1 Å². The SMILES string of the molecule is C#CCNc1nc2ccc(Br)cn2n1. The molecular weight excluding hydrogens is 244 g/mol. The minimum absolute atomic E-state index is 0.429. The smallest absolute Gasteiger partial charge is 0.243 e. The van der Waals surface area contributed by atoms with Crippen LogP contribution in [0.25, 0.3) is 5.65 Å². The van der Waals surface area contributed by atoms with Crippen LogP contribution in [0, 0.1) is 12.3 Å². The third kappa shape index (κ3) is 1.70. The van der Waals surface area contributed by atoms with Gasteiger partial charge >= 0.3 is 0 Å². The molecule has 0 aromatic carbocycles. The summed E-state index contributed by atoms with van der Waals surface area (Å²) in [5.41, 5.74) is 0.785. The normalized spacial score (nSPS) is 10.0. The van der Waals surface area contributed by atoms with Gasteiger partial charge in [0, 0.05) is 10.7 Å². The van der Waals surface area contributed by atoms with E-state index >= 15 is 0 Å². The molecule has 0 amide bonds. The number of halogens is 1. The number of fused-ring (bicyclic) bond motifs is 1. The van der Waals surface area contributed by atoms with Crippen molar-refractivity contribution < 1.29 is 0 Å². The summed E-state index contributed by atoms with van der Waals surface area (Å²) in [5, 5.41) is 7.09. The molecule has 0 aliphatic rings. The molecular formula is C9H7BrN4. The van der Waals surface area contributed by atoms with Gasteiger partial charge in [0.25, 0.3) is 0 Å². The number of aromatic nitrogens is 3. The molecule has 0 saturated carbocycles. The van der Waals surface area contributed by atoms with Gasteiger partial charge in [-0.05, 0) is 28.1 Å². The summed E-state index contributed by atoms with van der Waals surface area (Å²) in [7, 11) is 0. The maximum Gasteiger partial charge on any atom is 0.243 e. The van der Waals surface area contributed by atoms with Gasteiger partial charge in [-0.2, -0.15) is 4.98 Å². The zero-order chi connectivity index (χ0) is 9.97. The molecule has 4 nitrogen and oxygen atoms in total. The van der Waals surface area contributed by atoms with Crippen molar-refractivity contribution in [2.45, 2.75) is 0 Å². The quantitative estimate of drug-likeness (QED) is 0.823. The molecule has 0 atom stereocenters. The Balaban J connectivity index is 2.37. The maximum atomic E-state index is 5.11. The second kappa shape index (κ2) is 3.68. The Morgan fingerprint density at radius 3 is 3.21 bits per heavy atom. The highest BCUT2D eigenvalue weighted by molar-refractivity contribution is 9.10. The summed E-state index contributed by atoms with van der Waals surface area (Å²) in [6.45, 7) is 0.429. The zero-order valence-electron chi connectivity index (χ0n) is 7.24. The van der Waals surface area contributed by atoms with Crippen molar-refractivity contribution in [3.63, 3.8) is 0 Å². The minimum atomic E-state index is 0.429. The molecule has 0 bridgehead atoms. The van der Waals surface area contributed by atoms with Crippen LogP contribution >= 0.6 is 15.9 Å². The van der Waals surface area contributed by atoms with Crippen LogP contribution in [-0.2, 0) is 0 Å². The fraction of sp³-hybridized carbons (Fsp3) is 0.111. The first-order chi connectivity index (χ1) is 6.79. The van der Waals surface area contributed by atoms with E-state index in [1.165, 1.54) is 0 Å². The minimum Gasteiger partial charge on any atom is -0.342 e. The van der Waals surface area contributed by atoms with Gasteiger partial charge < -0.3 is 5.32 Å². The van der Waals surface area contributed by atoms with Gasteiger partial charge in [0.2, 0.25) is 5.95 Å². The van der Waals surface area contributed by atoms with Crippen molar-refractivity contribution in [1.82, 2.24) is 14.6 Å². The van der Waals surface area contributed by atoms with E-state index in [9.17, 15) is 0 Å². The molecule has 70 valence electrons. The third-order valence-electron chi connectivity index (χ3n) is 1.64. The molecule has 2 rings (SSSR count). The van der Waals surface area contributed by atoms with Gasteiger partial charge in [-0.1, -0.05) is 5.92 Å². The molecule has 5 heteroatoms. The van der Waals surface area contributed by atoms with E-state index in [0.29, 0.717) is 12.5 Å². The summed E-state index contributed by atoms with van der Waals surface area (Å²) in [6.07, 6.45) is 6.95. The number of nitrogens with zero attached hydrogens (tertiary/aromatic N) is 3. The molecule has 2 aromatic rings. The number of hydrogen-bond acceptors (Lipinski definition) is 3. The molecule has 0 fully saturated rings. The molecule has 0 spiro atoms. The number of anilines is 1. The zero-order valence-corrected chi connectivity index (χ0v) is 8.82. The molecule has 14 heavy (non-hydrogen) atoms. The van der Waals surface area contributed by atoms with Crippen molar-refractivity contribution in [1.29, 1.82) is 0 Å². The first-order valence-electron chi connectivity index (χ1n) is 3.99. The standard InChI is InChI=1S/C9H7BrN4/c1-2-5-11-9-12-8-4-3-7(10)6-14(8)13-9/h1,3-4,6H,5H2,(H,11,13). The third-order valence-corrected chi connectivity index (χ3v) is 2.11. The van der Waals surface area contributed by atoms with Crippen LogP contribution in [0.1, 0.15) is 0 Å². The summed E-state index contributed by atoms with van der Waals surface area (Å²) < 4.78 is 2.64. The molecule has 0 unspecified atom stereocenters. The van der Waals surface area contributed by atoms with Crippen LogP contribution in [0.2, 0.25) is 0 Å². The van der Waals surface area contributed by atoms with E-state index in [2.05, 4.69) is 37.2 Å². The van der Waals surface area contributed by atoms with Crippen LogP contribution < -0.4 is 5.32 Å². The van der Waals surface area contributed by atoms with Crippen molar-refractivity contribution in [2.75, 3.05) is 11.9 Å². The van der Waals surface area contributed by atoms with E-state index in [1.807, 2.05) is 18.3 Å². The predicted molar refractivity (Wildman–Crippen MR) is 58.0 cm³/mol. The lowest BCUT2D eigenvalue weighted by Gasteiger charge is -1.91. The van der Waals surface area contributed by atoms with E-state index in [4.69, 9.17) is 6.42 Å². The highest BCUT2D eigenvalue weighted by atomic mass is 79.9. The maximum absolute atomic E-state index is 5.11. The van der Waals surface area contributed by atoms with E-state index in [-0.39, 0.29) is 0 Å². The average molecular weight is 251 g/mol. The Bertz CT molecular complexity index is 497. The van der Waals surface area contributed by atoms with Crippen molar-refractivity contribution in [2.24, 2.45) is 0 Å². The van der Waals surface area contributed by atoms with Crippen LogP contribution in [0.3, 0.4) is 0 Å². The molecule has 2 heterocycles. The van der Waals surface area contributed by atoms with Crippen molar-refractivity contribution >= 4 is 27.5 Å². The Morgan fingerprint density at radius 2 is 2.43 bits per heavy atom. The second-order valence-corrected chi connectivity index (χ2v) is 3.56. The number of rotatable bonds is 2. The van der Waals surface area contributed by atoms with Gasteiger partial charge in [-0.3, -0.25) is 0 Å².